The monoisotopic (exact) mass is 398 g/mol. The van der Waals surface area contributed by atoms with Crippen LogP contribution < -0.4 is 4.90 Å². The average molecular weight is 398 g/mol. The zero-order valence-electron chi connectivity index (χ0n) is 16.6. The number of para-hydroxylation sites is 2. The zero-order valence-corrected chi connectivity index (χ0v) is 16.6. The Labute approximate surface area is 174 Å². The van der Waals surface area contributed by atoms with E-state index in [0.29, 0.717) is 19.6 Å². The van der Waals surface area contributed by atoms with Crippen molar-refractivity contribution in [3.8, 4) is 11.3 Å². The van der Waals surface area contributed by atoms with Crippen molar-refractivity contribution in [2.45, 2.75) is 6.54 Å². The summed E-state index contributed by atoms with van der Waals surface area (Å²) < 4.78 is 1.92. The average Bonchev–Trinajstić information content (AvgIpc) is 3.23. The van der Waals surface area contributed by atoms with E-state index in [4.69, 9.17) is 0 Å². The van der Waals surface area contributed by atoms with Crippen LogP contribution in [0.1, 0.15) is 0 Å². The van der Waals surface area contributed by atoms with E-state index in [-0.39, 0.29) is 5.91 Å². The molecule has 7 nitrogen and oxygen atoms in total. The molecule has 4 aromatic rings. The summed E-state index contributed by atoms with van der Waals surface area (Å²) in [6.45, 7) is 3.17. The van der Waals surface area contributed by atoms with Crippen molar-refractivity contribution in [1.29, 1.82) is 0 Å². The number of benzene rings is 2. The summed E-state index contributed by atoms with van der Waals surface area (Å²) in [4.78, 5) is 30.2. The van der Waals surface area contributed by atoms with Gasteiger partial charge in [-0.1, -0.05) is 42.5 Å². The van der Waals surface area contributed by atoms with Crippen LogP contribution in [-0.2, 0) is 11.3 Å². The Morgan fingerprint density at radius 3 is 2.47 bits per heavy atom. The van der Waals surface area contributed by atoms with Gasteiger partial charge in [0.05, 0.1) is 23.1 Å². The van der Waals surface area contributed by atoms with Crippen LogP contribution in [0, 0.1) is 0 Å². The van der Waals surface area contributed by atoms with Crippen molar-refractivity contribution in [3.63, 3.8) is 0 Å². The topological polar surface area (TPSA) is 67.2 Å². The molecule has 0 atom stereocenters. The molecule has 0 bridgehead atoms. The van der Waals surface area contributed by atoms with Crippen LogP contribution in [0.4, 0.5) is 5.82 Å². The van der Waals surface area contributed by atoms with E-state index in [1.165, 1.54) is 0 Å². The van der Waals surface area contributed by atoms with Gasteiger partial charge in [-0.2, -0.15) is 0 Å². The molecule has 1 amide bonds. The summed E-state index contributed by atoms with van der Waals surface area (Å²) in [5.74, 6) is 1.02. The van der Waals surface area contributed by atoms with Crippen molar-refractivity contribution >= 4 is 22.8 Å². The maximum Gasteiger partial charge on any atom is 0.242 e. The molecule has 0 radical (unpaired) electrons. The van der Waals surface area contributed by atoms with Crippen molar-refractivity contribution in [1.82, 2.24) is 24.4 Å². The Kier molecular flexibility index (Phi) is 4.85. The largest absolute Gasteiger partial charge is 0.353 e. The minimum atomic E-state index is 0.116. The van der Waals surface area contributed by atoms with Gasteiger partial charge in [0.15, 0.2) is 0 Å². The lowest BCUT2D eigenvalue weighted by atomic mass is 10.1. The second-order valence-electron chi connectivity index (χ2n) is 7.36. The maximum absolute atomic E-state index is 12.8. The standard InChI is InChI=1S/C23H22N6O/c30-23(15-29-17-26-19-8-4-5-9-21(19)29)28-12-10-27(11-13-28)22-14-20(24-16-25-22)18-6-2-1-3-7-18/h1-9,14,16-17H,10-13,15H2. The molecule has 1 fully saturated rings. The van der Waals surface area contributed by atoms with Crippen LogP contribution in [0.25, 0.3) is 22.3 Å². The number of fused-ring (bicyclic) bond motifs is 1. The van der Waals surface area contributed by atoms with E-state index in [2.05, 4.69) is 19.9 Å². The van der Waals surface area contributed by atoms with Gasteiger partial charge in [0.2, 0.25) is 5.91 Å². The summed E-state index contributed by atoms with van der Waals surface area (Å²) in [6.07, 6.45) is 3.35. The van der Waals surface area contributed by atoms with Gasteiger partial charge in [0.1, 0.15) is 18.7 Å². The van der Waals surface area contributed by atoms with Gasteiger partial charge in [0.25, 0.3) is 0 Å². The Bertz CT molecular complexity index is 1160. The SMILES string of the molecule is O=C(Cn1cnc2ccccc21)N1CCN(c2cc(-c3ccccc3)ncn2)CC1. The second-order valence-corrected chi connectivity index (χ2v) is 7.36. The fraction of sp³-hybridized carbons (Fsp3) is 0.217. The van der Waals surface area contributed by atoms with Crippen LogP contribution in [0.2, 0.25) is 0 Å². The fourth-order valence-corrected chi connectivity index (χ4v) is 3.85. The number of nitrogens with zero attached hydrogens (tertiary/aromatic N) is 6. The van der Waals surface area contributed by atoms with Crippen molar-refractivity contribution in [2.24, 2.45) is 0 Å². The molecule has 2 aromatic heterocycles. The quantitative estimate of drug-likeness (QED) is 0.529. The highest BCUT2D eigenvalue weighted by atomic mass is 16.2. The third kappa shape index (κ3) is 3.61. The Hall–Kier alpha value is -3.74. The Morgan fingerprint density at radius 2 is 1.63 bits per heavy atom. The highest BCUT2D eigenvalue weighted by Crippen LogP contribution is 2.21. The first-order chi connectivity index (χ1) is 14.8. The van der Waals surface area contributed by atoms with Crippen LogP contribution in [0.15, 0.2) is 73.3 Å². The van der Waals surface area contributed by atoms with E-state index in [9.17, 15) is 4.79 Å². The van der Waals surface area contributed by atoms with Crippen LogP contribution in [0.3, 0.4) is 0 Å². The van der Waals surface area contributed by atoms with Crippen LogP contribution in [-0.4, -0.2) is 56.5 Å². The first-order valence-electron chi connectivity index (χ1n) is 10.1. The molecule has 0 unspecified atom stereocenters. The van der Waals surface area contributed by atoms with Gasteiger partial charge in [-0.25, -0.2) is 15.0 Å². The normalized spacial score (nSPS) is 14.3. The summed E-state index contributed by atoms with van der Waals surface area (Å²) >= 11 is 0. The number of piperazine rings is 1. The zero-order chi connectivity index (χ0) is 20.3. The minimum Gasteiger partial charge on any atom is -0.353 e. The molecule has 150 valence electrons. The molecule has 0 aliphatic carbocycles. The number of hydrogen-bond donors (Lipinski definition) is 0. The third-order valence-corrected chi connectivity index (χ3v) is 5.51. The fourth-order valence-electron chi connectivity index (χ4n) is 3.85. The maximum atomic E-state index is 12.8. The summed E-state index contributed by atoms with van der Waals surface area (Å²) in [6, 6.07) is 20.0. The molecular formula is C23H22N6O. The Balaban J connectivity index is 1.24. The van der Waals surface area contributed by atoms with E-state index >= 15 is 0 Å². The smallest absolute Gasteiger partial charge is 0.242 e. The molecule has 2 aromatic carbocycles. The lowest BCUT2D eigenvalue weighted by molar-refractivity contribution is -0.132. The number of carbonyl (C=O) groups excluding carboxylic acids is 1. The number of imidazole rings is 1. The first kappa shape index (κ1) is 18.3. The lowest BCUT2D eigenvalue weighted by Crippen LogP contribution is -2.49. The summed E-state index contributed by atoms with van der Waals surface area (Å²) in [7, 11) is 0. The van der Waals surface area contributed by atoms with Crippen LogP contribution >= 0.6 is 0 Å². The lowest BCUT2D eigenvalue weighted by Gasteiger charge is -2.35. The van der Waals surface area contributed by atoms with Crippen molar-refractivity contribution in [2.75, 3.05) is 31.1 Å². The molecule has 1 aliphatic rings. The number of aromatic nitrogens is 4. The predicted molar refractivity (Wildman–Crippen MR) is 116 cm³/mol. The predicted octanol–water partition coefficient (Wildman–Crippen LogP) is 2.84. The minimum absolute atomic E-state index is 0.116. The van der Waals surface area contributed by atoms with Crippen LogP contribution in [0.5, 0.6) is 0 Å². The van der Waals surface area contributed by atoms with E-state index in [1.54, 1.807) is 12.7 Å². The highest BCUT2D eigenvalue weighted by molar-refractivity contribution is 5.80. The molecule has 3 heterocycles. The molecule has 0 spiro atoms. The third-order valence-electron chi connectivity index (χ3n) is 5.51. The molecule has 7 heteroatoms. The van der Waals surface area contributed by atoms with E-state index in [0.717, 1.165) is 41.2 Å². The second kappa shape index (κ2) is 7.94. The molecule has 0 saturated carbocycles. The van der Waals surface area contributed by atoms with Crippen molar-refractivity contribution in [3.05, 3.63) is 73.3 Å². The molecular weight excluding hydrogens is 376 g/mol. The number of anilines is 1. The summed E-state index contributed by atoms with van der Waals surface area (Å²) in [5, 5.41) is 0. The van der Waals surface area contributed by atoms with Gasteiger partial charge in [-0.3, -0.25) is 4.79 Å². The molecule has 0 N–H and O–H groups in total. The number of amides is 1. The van der Waals surface area contributed by atoms with Gasteiger partial charge < -0.3 is 14.4 Å². The van der Waals surface area contributed by atoms with Gasteiger partial charge in [-0.15, -0.1) is 0 Å². The number of hydrogen-bond acceptors (Lipinski definition) is 5. The van der Waals surface area contributed by atoms with Gasteiger partial charge in [0, 0.05) is 37.8 Å². The first-order valence-corrected chi connectivity index (χ1v) is 10.1. The molecule has 1 saturated heterocycles. The highest BCUT2D eigenvalue weighted by Gasteiger charge is 2.22. The molecule has 30 heavy (non-hydrogen) atoms. The summed E-state index contributed by atoms with van der Waals surface area (Å²) in [5.41, 5.74) is 3.88. The molecule has 1 aliphatic heterocycles. The van der Waals surface area contributed by atoms with Crippen molar-refractivity contribution < 1.29 is 4.79 Å². The van der Waals surface area contributed by atoms with E-state index in [1.807, 2.05) is 70.1 Å². The van der Waals surface area contributed by atoms with E-state index < -0.39 is 0 Å². The van der Waals surface area contributed by atoms with Gasteiger partial charge >= 0.3 is 0 Å². The number of rotatable bonds is 4. The number of carbonyl (C=O) groups is 1. The Morgan fingerprint density at radius 1 is 0.867 bits per heavy atom. The molecule has 5 rings (SSSR count). The van der Waals surface area contributed by atoms with Gasteiger partial charge in [-0.05, 0) is 12.1 Å².